The van der Waals surface area contributed by atoms with Crippen LogP contribution in [-0.2, 0) is 0 Å². The first-order valence-electron chi connectivity index (χ1n) is 6.64. The summed E-state index contributed by atoms with van der Waals surface area (Å²) < 4.78 is 0. The van der Waals surface area contributed by atoms with E-state index in [1.54, 1.807) is 11.8 Å². The summed E-state index contributed by atoms with van der Waals surface area (Å²) in [4.78, 5) is 1.26. The molecule has 0 radical (unpaired) electrons. The number of rotatable bonds is 5. The van der Waals surface area contributed by atoms with E-state index in [-0.39, 0.29) is 6.10 Å². The zero-order chi connectivity index (χ0) is 13.6. The first kappa shape index (κ1) is 17.1. The third-order valence-electron chi connectivity index (χ3n) is 2.10. The van der Waals surface area contributed by atoms with E-state index in [4.69, 9.17) is 0 Å². The maximum Gasteiger partial charge on any atom is 0.0657 e. The summed E-state index contributed by atoms with van der Waals surface area (Å²) in [6.45, 7) is 6.02. The fourth-order valence-electron chi connectivity index (χ4n) is 1.25. The van der Waals surface area contributed by atoms with E-state index in [0.717, 1.165) is 18.6 Å². The Morgan fingerprint density at radius 3 is 2.44 bits per heavy atom. The van der Waals surface area contributed by atoms with Gasteiger partial charge in [0.15, 0.2) is 0 Å². The van der Waals surface area contributed by atoms with Crippen LogP contribution in [0.5, 0.6) is 0 Å². The van der Waals surface area contributed by atoms with Gasteiger partial charge in [-0.2, -0.15) is 0 Å². The van der Waals surface area contributed by atoms with Crippen LogP contribution >= 0.6 is 11.8 Å². The van der Waals surface area contributed by atoms with Crippen molar-refractivity contribution in [3.8, 4) is 11.8 Å². The van der Waals surface area contributed by atoms with E-state index in [1.165, 1.54) is 4.90 Å². The largest absolute Gasteiger partial charge is 0.392 e. The summed E-state index contributed by atoms with van der Waals surface area (Å²) in [6, 6.07) is 10.3. The number of aliphatic hydroxyl groups is 1. The third-order valence-corrected chi connectivity index (χ3v) is 3.15. The van der Waals surface area contributed by atoms with Crippen molar-refractivity contribution in [1.82, 2.24) is 0 Å². The minimum Gasteiger partial charge on any atom is -0.392 e. The lowest BCUT2D eigenvalue weighted by molar-refractivity contribution is 0.177. The van der Waals surface area contributed by atoms with E-state index in [0.29, 0.717) is 6.42 Å². The highest BCUT2D eigenvalue weighted by Gasteiger charge is 2.01. The summed E-state index contributed by atoms with van der Waals surface area (Å²) in [5, 5.41) is 9.64. The fraction of sp³-hybridized carbons (Fsp3) is 0.500. The van der Waals surface area contributed by atoms with Crippen LogP contribution in [0.15, 0.2) is 35.2 Å². The molecule has 18 heavy (non-hydrogen) atoms. The molecule has 0 heterocycles. The Balaban J connectivity index is 0.00000137. The Bertz CT molecular complexity index is 337. The molecule has 0 saturated carbocycles. The van der Waals surface area contributed by atoms with Crippen LogP contribution in [0, 0.1) is 11.8 Å². The van der Waals surface area contributed by atoms with Crippen LogP contribution in [0.25, 0.3) is 0 Å². The molecule has 100 valence electrons. The lowest BCUT2D eigenvalue weighted by atomic mass is 10.2. The Morgan fingerprint density at radius 2 is 1.83 bits per heavy atom. The lowest BCUT2D eigenvalue weighted by Gasteiger charge is -2.06. The van der Waals surface area contributed by atoms with Gasteiger partial charge in [0, 0.05) is 23.5 Å². The molecule has 1 N–H and O–H groups in total. The second-order valence-electron chi connectivity index (χ2n) is 3.52. The zero-order valence-corrected chi connectivity index (χ0v) is 12.5. The quantitative estimate of drug-likeness (QED) is 0.630. The van der Waals surface area contributed by atoms with Gasteiger partial charge in [-0.05, 0) is 18.6 Å². The maximum absolute atomic E-state index is 9.64. The van der Waals surface area contributed by atoms with Crippen molar-refractivity contribution in [3.05, 3.63) is 30.3 Å². The van der Waals surface area contributed by atoms with E-state index < -0.39 is 0 Å². The first-order valence-corrected chi connectivity index (χ1v) is 7.63. The highest BCUT2D eigenvalue weighted by Crippen LogP contribution is 2.18. The van der Waals surface area contributed by atoms with Crippen LogP contribution < -0.4 is 0 Å². The average molecular weight is 264 g/mol. The minimum absolute atomic E-state index is 0.282. The molecule has 0 saturated heterocycles. The Labute approximate surface area is 116 Å². The highest BCUT2D eigenvalue weighted by atomic mass is 32.2. The van der Waals surface area contributed by atoms with Crippen molar-refractivity contribution in [1.29, 1.82) is 0 Å². The zero-order valence-electron chi connectivity index (χ0n) is 11.6. The van der Waals surface area contributed by atoms with Crippen molar-refractivity contribution in [3.63, 3.8) is 0 Å². The second kappa shape index (κ2) is 12.5. The molecule has 0 aliphatic rings. The molecule has 0 unspecified atom stereocenters. The molecule has 0 amide bonds. The summed E-state index contributed by atoms with van der Waals surface area (Å²) in [6.07, 6.45) is 1.99. The molecule has 1 aromatic carbocycles. The van der Waals surface area contributed by atoms with E-state index in [9.17, 15) is 5.11 Å². The Hall–Kier alpha value is -0.910. The number of aliphatic hydroxyl groups excluding tert-OH is 1. The first-order chi connectivity index (χ1) is 8.83. The third kappa shape index (κ3) is 9.15. The summed E-state index contributed by atoms with van der Waals surface area (Å²) >= 11 is 1.78. The van der Waals surface area contributed by atoms with Crippen LogP contribution in [0.2, 0.25) is 0 Å². The van der Waals surface area contributed by atoms with Crippen molar-refractivity contribution >= 4 is 11.8 Å². The standard InChI is InChI=1S/C14H18OS.C2H6/c1-2-3-5-8-13(15)11-12-16-14-9-6-4-7-10-14;1-2/h4,6-7,9-10,13,15H,2,8,11-12H2,1H3;1-2H3/t13-;/m1./s1. The lowest BCUT2D eigenvalue weighted by Crippen LogP contribution is -2.06. The molecule has 0 fully saturated rings. The number of thioether (sulfide) groups is 1. The van der Waals surface area contributed by atoms with E-state index in [2.05, 4.69) is 24.0 Å². The van der Waals surface area contributed by atoms with Gasteiger partial charge in [0.1, 0.15) is 0 Å². The van der Waals surface area contributed by atoms with Gasteiger partial charge < -0.3 is 5.11 Å². The normalized spacial score (nSPS) is 10.7. The van der Waals surface area contributed by atoms with Gasteiger partial charge in [-0.25, -0.2) is 0 Å². The van der Waals surface area contributed by atoms with Gasteiger partial charge in [0.2, 0.25) is 0 Å². The smallest absolute Gasteiger partial charge is 0.0657 e. The molecule has 1 atom stereocenters. The highest BCUT2D eigenvalue weighted by molar-refractivity contribution is 7.99. The van der Waals surface area contributed by atoms with Gasteiger partial charge >= 0.3 is 0 Å². The number of hydrogen-bond acceptors (Lipinski definition) is 2. The molecular weight excluding hydrogens is 240 g/mol. The van der Waals surface area contributed by atoms with Crippen molar-refractivity contribution in [2.75, 3.05) is 5.75 Å². The van der Waals surface area contributed by atoms with Crippen molar-refractivity contribution in [2.45, 2.75) is 51.0 Å². The van der Waals surface area contributed by atoms with Gasteiger partial charge in [-0.15, -0.1) is 23.6 Å². The topological polar surface area (TPSA) is 20.2 Å². The van der Waals surface area contributed by atoms with Gasteiger partial charge in [-0.1, -0.05) is 39.0 Å². The van der Waals surface area contributed by atoms with Crippen molar-refractivity contribution < 1.29 is 5.11 Å². The fourth-order valence-corrected chi connectivity index (χ4v) is 2.22. The molecular formula is C16H24OS. The molecule has 2 heteroatoms. The molecule has 0 aliphatic carbocycles. The minimum atomic E-state index is -0.282. The molecule has 1 rings (SSSR count). The molecule has 0 aromatic heterocycles. The van der Waals surface area contributed by atoms with Crippen molar-refractivity contribution in [2.24, 2.45) is 0 Å². The maximum atomic E-state index is 9.64. The summed E-state index contributed by atoms with van der Waals surface area (Å²) in [7, 11) is 0. The molecule has 0 aliphatic heterocycles. The van der Waals surface area contributed by atoms with Crippen LogP contribution in [0.1, 0.15) is 40.0 Å². The van der Waals surface area contributed by atoms with Gasteiger partial charge in [0.25, 0.3) is 0 Å². The molecule has 0 spiro atoms. The predicted molar refractivity (Wildman–Crippen MR) is 81.8 cm³/mol. The summed E-state index contributed by atoms with van der Waals surface area (Å²) in [5.41, 5.74) is 0. The van der Waals surface area contributed by atoms with Crippen LogP contribution in [-0.4, -0.2) is 17.0 Å². The summed E-state index contributed by atoms with van der Waals surface area (Å²) in [5.74, 6) is 6.89. The Morgan fingerprint density at radius 1 is 1.17 bits per heavy atom. The SMILES string of the molecule is CC.CCC#CC[C@@H](O)CCSc1ccccc1. The van der Waals surface area contributed by atoms with Crippen LogP contribution in [0.4, 0.5) is 0 Å². The molecule has 1 nitrogen and oxygen atoms in total. The Kier molecular flexibility index (Phi) is 11.9. The monoisotopic (exact) mass is 264 g/mol. The van der Waals surface area contributed by atoms with E-state index >= 15 is 0 Å². The predicted octanol–water partition coefficient (Wildman–Crippen LogP) is 4.36. The van der Waals surface area contributed by atoms with Gasteiger partial charge in [0.05, 0.1) is 6.10 Å². The number of benzene rings is 1. The second-order valence-corrected chi connectivity index (χ2v) is 4.68. The van der Waals surface area contributed by atoms with E-state index in [1.807, 2.05) is 39.0 Å². The van der Waals surface area contributed by atoms with Gasteiger partial charge in [-0.3, -0.25) is 0 Å². The average Bonchev–Trinajstić information content (AvgIpc) is 2.42. The molecule has 1 aromatic rings. The van der Waals surface area contributed by atoms with Crippen LogP contribution in [0.3, 0.4) is 0 Å². The molecule has 0 bridgehead atoms. The number of hydrogen-bond donors (Lipinski definition) is 1.